The summed E-state index contributed by atoms with van der Waals surface area (Å²) in [6, 6.07) is 11.5. The van der Waals surface area contributed by atoms with Crippen molar-refractivity contribution in [3.8, 4) is 11.5 Å². The summed E-state index contributed by atoms with van der Waals surface area (Å²) in [5.41, 5.74) is 0.666. The average Bonchev–Trinajstić information content (AvgIpc) is 2.81. The molecule has 0 radical (unpaired) electrons. The van der Waals surface area contributed by atoms with Crippen LogP contribution in [0.5, 0.6) is 11.5 Å². The van der Waals surface area contributed by atoms with E-state index in [-0.39, 0.29) is 11.9 Å². The zero-order valence-corrected chi connectivity index (χ0v) is 17.1. The van der Waals surface area contributed by atoms with E-state index in [2.05, 4.69) is 20.1 Å². The van der Waals surface area contributed by atoms with Gasteiger partial charge in [0.15, 0.2) is 0 Å². The van der Waals surface area contributed by atoms with Gasteiger partial charge in [-0.3, -0.25) is 4.79 Å². The van der Waals surface area contributed by atoms with Crippen molar-refractivity contribution in [2.24, 2.45) is 5.92 Å². The fourth-order valence-corrected chi connectivity index (χ4v) is 4.60. The maximum Gasteiger partial charge on any atom is 0.251 e. The van der Waals surface area contributed by atoms with Gasteiger partial charge in [-0.05, 0) is 68.2 Å². The SMILES string of the molecule is O=C(NC1CN2CCC1CC2)c1ccc(Oc2ccc(N3CCOCC3)nc2)cc1. The van der Waals surface area contributed by atoms with Gasteiger partial charge in [0.25, 0.3) is 5.91 Å². The number of anilines is 1. The van der Waals surface area contributed by atoms with E-state index in [4.69, 9.17) is 9.47 Å². The van der Waals surface area contributed by atoms with Crippen LogP contribution in [0.4, 0.5) is 5.82 Å². The second-order valence-corrected chi connectivity index (χ2v) is 8.30. The molecule has 158 valence electrons. The maximum absolute atomic E-state index is 12.7. The number of carbonyl (C=O) groups is 1. The number of rotatable bonds is 5. The van der Waals surface area contributed by atoms with Gasteiger partial charge in [-0.25, -0.2) is 4.98 Å². The van der Waals surface area contributed by atoms with Crippen LogP contribution in [0.1, 0.15) is 23.2 Å². The van der Waals surface area contributed by atoms with Crippen LogP contribution in [-0.2, 0) is 4.74 Å². The molecule has 1 aromatic carbocycles. The lowest BCUT2D eigenvalue weighted by molar-refractivity contribution is 0.0620. The van der Waals surface area contributed by atoms with E-state index in [1.807, 2.05) is 36.4 Å². The lowest BCUT2D eigenvalue weighted by Crippen LogP contribution is -2.57. The smallest absolute Gasteiger partial charge is 0.251 e. The number of hydrogen-bond donors (Lipinski definition) is 1. The number of fused-ring (bicyclic) bond motifs is 3. The summed E-state index contributed by atoms with van der Waals surface area (Å²) in [4.78, 5) is 21.8. The van der Waals surface area contributed by atoms with Crippen LogP contribution in [0.15, 0.2) is 42.6 Å². The largest absolute Gasteiger partial charge is 0.456 e. The first-order valence-electron chi connectivity index (χ1n) is 10.8. The Morgan fingerprint density at radius 3 is 2.37 bits per heavy atom. The van der Waals surface area contributed by atoms with E-state index >= 15 is 0 Å². The number of aromatic nitrogens is 1. The molecule has 0 spiro atoms. The first-order chi connectivity index (χ1) is 14.7. The van der Waals surface area contributed by atoms with E-state index in [9.17, 15) is 4.79 Å². The molecule has 1 atom stereocenters. The van der Waals surface area contributed by atoms with Gasteiger partial charge in [-0.1, -0.05) is 0 Å². The maximum atomic E-state index is 12.7. The number of piperidine rings is 3. The molecule has 4 fully saturated rings. The molecule has 0 saturated carbocycles. The number of carbonyl (C=O) groups excluding carboxylic acids is 1. The minimum atomic E-state index is -0.00293. The van der Waals surface area contributed by atoms with Gasteiger partial charge in [-0.15, -0.1) is 0 Å². The lowest BCUT2D eigenvalue weighted by Gasteiger charge is -2.44. The summed E-state index contributed by atoms with van der Waals surface area (Å²) in [6.45, 7) is 6.51. The van der Waals surface area contributed by atoms with Crippen molar-refractivity contribution in [2.45, 2.75) is 18.9 Å². The van der Waals surface area contributed by atoms with Crippen molar-refractivity contribution in [1.82, 2.24) is 15.2 Å². The predicted molar refractivity (Wildman–Crippen MR) is 114 cm³/mol. The van der Waals surface area contributed by atoms with Gasteiger partial charge in [0.05, 0.1) is 19.4 Å². The van der Waals surface area contributed by atoms with Crippen LogP contribution >= 0.6 is 0 Å². The molecule has 2 bridgehead atoms. The van der Waals surface area contributed by atoms with Crippen molar-refractivity contribution in [1.29, 1.82) is 0 Å². The summed E-state index contributed by atoms with van der Waals surface area (Å²) < 4.78 is 11.3. The van der Waals surface area contributed by atoms with Crippen molar-refractivity contribution >= 4 is 11.7 Å². The van der Waals surface area contributed by atoms with Crippen LogP contribution in [-0.4, -0.2) is 67.8 Å². The monoisotopic (exact) mass is 408 g/mol. The van der Waals surface area contributed by atoms with Crippen molar-refractivity contribution < 1.29 is 14.3 Å². The Morgan fingerprint density at radius 1 is 1.00 bits per heavy atom. The predicted octanol–water partition coefficient (Wildman–Crippen LogP) is 2.53. The van der Waals surface area contributed by atoms with Crippen LogP contribution in [0, 0.1) is 5.92 Å². The number of nitrogens with zero attached hydrogens (tertiary/aromatic N) is 3. The number of pyridine rings is 1. The Balaban J connectivity index is 1.17. The zero-order valence-electron chi connectivity index (χ0n) is 17.1. The molecule has 6 rings (SSSR count). The van der Waals surface area contributed by atoms with E-state index < -0.39 is 0 Å². The van der Waals surface area contributed by atoms with Crippen LogP contribution in [0.25, 0.3) is 0 Å². The summed E-state index contributed by atoms with van der Waals surface area (Å²) >= 11 is 0. The molecule has 5 heterocycles. The number of nitrogens with one attached hydrogen (secondary N) is 1. The second kappa shape index (κ2) is 8.62. The van der Waals surface area contributed by atoms with E-state index in [1.54, 1.807) is 6.20 Å². The van der Waals surface area contributed by atoms with E-state index in [1.165, 1.54) is 25.9 Å². The van der Waals surface area contributed by atoms with Crippen molar-refractivity contribution in [3.63, 3.8) is 0 Å². The van der Waals surface area contributed by atoms with Crippen molar-refractivity contribution in [2.75, 3.05) is 50.8 Å². The summed E-state index contributed by atoms with van der Waals surface area (Å²) in [7, 11) is 0. The molecule has 1 amide bonds. The summed E-state index contributed by atoms with van der Waals surface area (Å²) in [5, 5.41) is 3.23. The molecule has 7 nitrogen and oxygen atoms in total. The minimum absolute atomic E-state index is 0.00293. The normalized spacial score (nSPS) is 25.7. The molecule has 2 aromatic rings. The molecule has 1 unspecified atom stereocenters. The fraction of sp³-hybridized carbons (Fsp3) is 0.478. The van der Waals surface area contributed by atoms with Gasteiger partial charge in [0.1, 0.15) is 17.3 Å². The molecule has 0 aliphatic carbocycles. The standard InChI is InChI=1S/C23H28N4O3/c28-23(25-21-16-26-9-7-17(21)8-10-26)18-1-3-19(4-2-18)30-20-5-6-22(24-15-20)27-11-13-29-14-12-27/h1-6,15,17,21H,7-14,16H2,(H,25,28). The molecular weight excluding hydrogens is 380 g/mol. The zero-order chi connectivity index (χ0) is 20.3. The highest BCUT2D eigenvalue weighted by Gasteiger charge is 2.34. The van der Waals surface area contributed by atoms with Crippen LogP contribution in [0.2, 0.25) is 0 Å². The molecule has 7 heteroatoms. The third-order valence-electron chi connectivity index (χ3n) is 6.38. The highest BCUT2D eigenvalue weighted by molar-refractivity contribution is 5.94. The first-order valence-corrected chi connectivity index (χ1v) is 10.8. The van der Waals surface area contributed by atoms with Crippen molar-refractivity contribution in [3.05, 3.63) is 48.2 Å². The Hall–Kier alpha value is -2.64. The molecular formula is C23H28N4O3. The molecule has 4 aliphatic heterocycles. The molecule has 30 heavy (non-hydrogen) atoms. The van der Waals surface area contributed by atoms with Gasteiger partial charge in [-0.2, -0.15) is 0 Å². The summed E-state index contributed by atoms with van der Waals surface area (Å²) in [5.74, 6) is 2.92. The highest BCUT2D eigenvalue weighted by atomic mass is 16.5. The molecule has 4 saturated heterocycles. The number of benzene rings is 1. The van der Waals surface area contributed by atoms with Gasteiger partial charge in [0, 0.05) is 31.2 Å². The quantitative estimate of drug-likeness (QED) is 0.820. The Bertz CT molecular complexity index is 857. The molecule has 1 N–H and O–H groups in total. The average molecular weight is 409 g/mol. The second-order valence-electron chi connectivity index (χ2n) is 8.30. The topological polar surface area (TPSA) is 66.9 Å². The number of morpholine rings is 1. The van der Waals surface area contributed by atoms with E-state index in [0.29, 0.717) is 23.0 Å². The fourth-order valence-electron chi connectivity index (χ4n) is 4.60. The van der Waals surface area contributed by atoms with Crippen LogP contribution < -0.4 is 15.0 Å². The van der Waals surface area contributed by atoms with E-state index in [0.717, 1.165) is 38.7 Å². The molecule has 4 aliphatic rings. The van der Waals surface area contributed by atoms with Gasteiger partial charge >= 0.3 is 0 Å². The number of ether oxygens (including phenoxy) is 2. The molecule has 1 aromatic heterocycles. The lowest BCUT2D eigenvalue weighted by atomic mass is 9.84. The first kappa shape index (κ1) is 19.3. The number of amides is 1. The number of hydrogen-bond acceptors (Lipinski definition) is 6. The Labute approximate surface area is 177 Å². The van der Waals surface area contributed by atoms with Crippen LogP contribution in [0.3, 0.4) is 0 Å². The van der Waals surface area contributed by atoms with Gasteiger partial charge < -0.3 is 24.6 Å². The Morgan fingerprint density at radius 2 is 1.73 bits per heavy atom. The Kier molecular flexibility index (Phi) is 5.55. The third-order valence-corrected chi connectivity index (χ3v) is 6.38. The van der Waals surface area contributed by atoms with Gasteiger partial charge in [0.2, 0.25) is 0 Å². The minimum Gasteiger partial charge on any atom is -0.456 e. The highest BCUT2D eigenvalue weighted by Crippen LogP contribution is 2.28. The summed E-state index contributed by atoms with van der Waals surface area (Å²) in [6.07, 6.45) is 4.12. The third kappa shape index (κ3) is 4.27.